The SMILES string of the molecule is COc1ccc2ncc(C)c([C@H](F)CCC3(CC(=O)O)CCN(CC#Cc4cc(F)cc(F)c4F)CC3)c2c1. The third kappa shape index (κ3) is 6.69. The molecule has 3 aromatic rings. The molecular formula is C30H30F4N2O3. The van der Waals surface area contributed by atoms with Crippen molar-refractivity contribution in [3.8, 4) is 17.6 Å². The number of hydrogen-bond acceptors (Lipinski definition) is 4. The number of aliphatic carboxylic acids is 1. The van der Waals surface area contributed by atoms with Crippen LogP contribution in [0.3, 0.4) is 0 Å². The quantitative estimate of drug-likeness (QED) is 0.204. The number of rotatable bonds is 8. The van der Waals surface area contributed by atoms with Gasteiger partial charge in [0, 0.05) is 17.6 Å². The molecule has 0 spiro atoms. The van der Waals surface area contributed by atoms with Crippen molar-refractivity contribution in [1.29, 1.82) is 0 Å². The number of pyridine rings is 1. The van der Waals surface area contributed by atoms with Crippen molar-refractivity contribution in [2.75, 3.05) is 26.7 Å². The minimum absolute atomic E-state index is 0.0725. The van der Waals surface area contributed by atoms with E-state index in [1.165, 1.54) is 0 Å². The Bertz CT molecular complexity index is 1430. The van der Waals surface area contributed by atoms with E-state index >= 15 is 4.39 Å². The molecule has 0 amide bonds. The van der Waals surface area contributed by atoms with Crippen molar-refractivity contribution >= 4 is 16.9 Å². The Balaban J connectivity index is 1.44. The van der Waals surface area contributed by atoms with Crippen LogP contribution in [0.15, 0.2) is 36.5 Å². The molecule has 206 valence electrons. The lowest BCUT2D eigenvalue weighted by atomic mass is 9.71. The minimum Gasteiger partial charge on any atom is -0.497 e. The van der Waals surface area contributed by atoms with Gasteiger partial charge >= 0.3 is 5.97 Å². The number of aromatic nitrogens is 1. The topological polar surface area (TPSA) is 62.7 Å². The highest BCUT2D eigenvalue weighted by atomic mass is 19.2. The molecule has 4 rings (SSSR count). The highest BCUT2D eigenvalue weighted by Crippen LogP contribution is 2.43. The van der Waals surface area contributed by atoms with E-state index in [1.54, 1.807) is 31.5 Å². The van der Waals surface area contributed by atoms with E-state index in [1.807, 2.05) is 11.8 Å². The molecule has 0 aliphatic carbocycles. The molecule has 1 aliphatic rings. The molecule has 0 unspecified atom stereocenters. The normalized spacial score (nSPS) is 15.9. The van der Waals surface area contributed by atoms with Crippen LogP contribution in [0.1, 0.15) is 55.0 Å². The maximum absolute atomic E-state index is 15.8. The van der Waals surface area contributed by atoms with Crippen LogP contribution in [-0.2, 0) is 4.79 Å². The number of carboxylic acids is 1. The number of likely N-dealkylation sites (tertiary alicyclic amines) is 1. The second-order valence-electron chi connectivity index (χ2n) is 10.1. The van der Waals surface area contributed by atoms with E-state index in [2.05, 4.69) is 16.8 Å². The van der Waals surface area contributed by atoms with Gasteiger partial charge in [0.1, 0.15) is 17.7 Å². The Morgan fingerprint density at radius 2 is 1.95 bits per heavy atom. The summed E-state index contributed by atoms with van der Waals surface area (Å²) in [5.41, 5.74) is 0.994. The van der Waals surface area contributed by atoms with Gasteiger partial charge in [-0.3, -0.25) is 14.7 Å². The molecule has 1 N–H and O–H groups in total. The van der Waals surface area contributed by atoms with Gasteiger partial charge in [-0.1, -0.05) is 11.8 Å². The number of halogens is 4. The summed E-state index contributed by atoms with van der Waals surface area (Å²) in [4.78, 5) is 18.1. The first kappa shape index (κ1) is 28.4. The summed E-state index contributed by atoms with van der Waals surface area (Å²) in [6, 6.07) is 6.64. The molecule has 1 saturated heterocycles. The van der Waals surface area contributed by atoms with E-state index < -0.39 is 35.0 Å². The number of piperidine rings is 1. The van der Waals surface area contributed by atoms with Crippen LogP contribution in [0.4, 0.5) is 17.6 Å². The van der Waals surface area contributed by atoms with Crippen LogP contribution in [0.25, 0.3) is 10.9 Å². The number of fused-ring (bicyclic) bond motifs is 1. The first-order chi connectivity index (χ1) is 18.6. The minimum atomic E-state index is -1.31. The summed E-state index contributed by atoms with van der Waals surface area (Å²) in [6.07, 6.45) is 1.87. The number of hydrogen-bond donors (Lipinski definition) is 1. The Morgan fingerprint density at radius 3 is 2.64 bits per heavy atom. The monoisotopic (exact) mass is 542 g/mol. The molecule has 0 bridgehead atoms. The molecule has 0 saturated carbocycles. The summed E-state index contributed by atoms with van der Waals surface area (Å²) >= 11 is 0. The molecule has 1 atom stereocenters. The van der Waals surface area contributed by atoms with Gasteiger partial charge < -0.3 is 9.84 Å². The molecular weight excluding hydrogens is 512 g/mol. The fraction of sp³-hybridized carbons (Fsp3) is 0.400. The van der Waals surface area contributed by atoms with Crippen molar-refractivity contribution < 1.29 is 32.2 Å². The highest BCUT2D eigenvalue weighted by Gasteiger charge is 2.37. The van der Waals surface area contributed by atoms with Crippen LogP contribution >= 0.6 is 0 Å². The Kier molecular flexibility index (Phi) is 8.76. The molecule has 2 aromatic carbocycles. The van der Waals surface area contributed by atoms with E-state index in [4.69, 9.17) is 4.74 Å². The number of aryl methyl sites for hydroxylation is 1. The van der Waals surface area contributed by atoms with Crippen LogP contribution in [-0.4, -0.2) is 47.7 Å². The smallest absolute Gasteiger partial charge is 0.303 e. The molecule has 2 heterocycles. The fourth-order valence-corrected chi connectivity index (χ4v) is 5.33. The van der Waals surface area contributed by atoms with E-state index in [0.29, 0.717) is 60.6 Å². The van der Waals surface area contributed by atoms with Crippen molar-refractivity contribution in [2.45, 2.75) is 45.2 Å². The summed E-state index contributed by atoms with van der Waals surface area (Å²) in [5, 5.41) is 10.3. The van der Waals surface area contributed by atoms with Gasteiger partial charge in [-0.15, -0.1) is 0 Å². The lowest BCUT2D eigenvalue weighted by Crippen LogP contribution is -2.41. The van der Waals surface area contributed by atoms with Gasteiger partial charge in [0.2, 0.25) is 0 Å². The molecule has 39 heavy (non-hydrogen) atoms. The summed E-state index contributed by atoms with van der Waals surface area (Å²) in [6.45, 7) is 3.08. The number of nitrogens with zero attached hydrogens (tertiary/aromatic N) is 2. The number of methoxy groups -OCH3 is 1. The van der Waals surface area contributed by atoms with Crippen LogP contribution in [0, 0.1) is 41.6 Å². The Labute approximate surface area is 224 Å². The highest BCUT2D eigenvalue weighted by molar-refractivity contribution is 5.85. The maximum Gasteiger partial charge on any atom is 0.303 e. The van der Waals surface area contributed by atoms with Crippen molar-refractivity contribution in [2.24, 2.45) is 5.41 Å². The molecule has 0 radical (unpaired) electrons. The van der Waals surface area contributed by atoms with Gasteiger partial charge in [0.05, 0.1) is 31.2 Å². The summed E-state index contributed by atoms with van der Waals surface area (Å²) < 4.78 is 61.7. The lowest BCUT2D eigenvalue weighted by molar-refractivity contribution is -0.141. The zero-order valence-corrected chi connectivity index (χ0v) is 21.9. The number of alkyl halides is 1. The predicted octanol–water partition coefficient (Wildman–Crippen LogP) is 6.37. The predicted molar refractivity (Wildman–Crippen MR) is 140 cm³/mol. The van der Waals surface area contributed by atoms with Crippen molar-refractivity contribution in [3.63, 3.8) is 0 Å². The second kappa shape index (κ2) is 12.0. The van der Waals surface area contributed by atoms with Gasteiger partial charge in [-0.2, -0.15) is 0 Å². The third-order valence-corrected chi connectivity index (χ3v) is 7.52. The zero-order chi connectivity index (χ0) is 28.2. The summed E-state index contributed by atoms with van der Waals surface area (Å²) in [7, 11) is 1.55. The average Bonchev–Trinajstić information content (AvgIpc) is 2.90. The van der Waals surface area contributed by atoms with Crippen LogP contribution in [0.2, 0.25) is 0 Å². The zero-order valence-electron chi connectivity index (χ0n) is 21.9. The standard InChI is InChI=1S/C30H30F4N2O3/c1-19-18-35-26-6-5-22(39-2)16-23(26)28(19)24(32)7-8-30(17-27(37)38)9-12-36(13-10-30)11-3-4-20-14-21(31)15-25(33)29(20)34/h5-6,14-16,18,24H,7-13,17H2,1-2H3,(H,37,38)/t24-/m1/s1. The van der Waals surface area contributed by atoms with Crippen molar-refractivity contribution in [1.82, 2.24) is 9.88 Å². The first-order valence-corrected chi connectivity index (χ1v) is 12.8. The largest absolute Gasteiger partial charge is 0.497 e. The van der Waals surface area contributed by atoms with E-state index in [0.717, 1.165) is 11.6 Å². The molecule has 9 heteroatoms. The van der Waals surface area contributed by atoms with Crippen molar-refractivity contribution in [3.05, 3.63) is 70.7 Å². The van der Waals surface area contributed by atoms with Gasteiger partial charge in [0.25, 0.3) is 0 Å². The number of ether oxygens (including phenoxy) is 1. The van der Waals surface area contributed by atoms with E-state index in [-0.39, 0.29) is 24.9 Å². The maximum atomic E-state index is 15.8. The number of carboxylic acid groups (broad SMARTS) is 1. The van der Waals surface area contributed by atoms with Gasteiger partial charge in [0.15, 0.2) is 11.6 Å². The van der Waals surface area contributed by atoms with Crippen LogP contribution < -0.4 is 4.74 Å². The fourth-order valence-electron chi connectivity index (χ4n) is 5.33. The van der Waals surface area contributed by atoms with Crippen LogP contribution in [0.5, 0.6) is 5.75 Å². The Morgan fingerprint density at radius 1 is 1.21 bits per heavy atom. The first-order valence-electron chi connectivity index (χ1n) is 12.8. The second-order valence-corrected chi connectivity index (χ2v) is 10.1. The lowest BCUT2D eigenvalue weighted by Gasteiger charge is -2.41. The van der Waals surface area contributed by atoms with E-state index in [9.17, 15) is 23.1 Å². The number of benzene rings is 2. The molecule has 1 aromatic heterocycles. The third-order valence-electron chi connectivity index (χ3n) is 7.52. The van der Waals surface area contributed by atoms with Gasteiger partial charge in [-0.05, 0) is 86.5 Å². The Hall–Kier alpha value is -3.64. The average molecular weight is 543 g/mol. The molecule has 1 fully saturated rings. The van der Waals surface area contributed by atoms with Gasteiger partial charge in [-0.25, -0.2) is 17.6 Å². The number of carbonyl (C=O) groups is 1. The summed E-state index contributed by atoms with van der Waals surface area (Å²) in [5.74, 6) is 1.50. The molecule has 5 nitrogen and oxygen atoms in total. The molecule has 1 aliphatic heterocycles.